The van der Waals surface area contributed by atoms with Gasteiger partial charge < -0.3 is 24.6 Å². The van der Waals surface area contributed by atoms with Crippen LogP contribution in [0.25, 0.3) is 0 Å². The fourth-order valence-electron chi connectivity index (χ4n) is 6.92. The van der Waals surface area contributed by atoms with E-state index in [4.69, 9.17) is 9.47 Å². The average molecular weight is 641 g/mol. The van der Waals surface area contributed by atoms with E-state index in [-0.39, 0.29) is 29.3 Å². The number of hydrogen-bond donors (Lipinski definition) is 1. The zero-order valence-corrected chi connectivity index (χ0v) is 28.0. The molecule has 0 saturated carbocycles. The van der Waals surface area contributed by atoms with Gasteiger partial charge in [-0.25, -0.2) is 13.8 Å². The van der Waals surface area contributed by atoms with Crippen molar-refractivity contribution in [3.05, 3.63) is 59.1 Å². The Labute approximate surface area is 272 Å². The topological polar surface area (TPSA) is 83.1 Å². The van der Waals surface area contributed by atoms with E-state index in [1.54, 1.807) is 0 Å². The van der Waals surface area contributed by atoms with Crippen molar-refractivity contribution in [2.24, 2.45) is 0 Å². The predicted octanol–water partition coefficient (Wildman–Crippen LogP) is 5.80. The Morgan fingerprint density at radius 1 is 1.17 bits per heavy atom. The lowest BCUT2D eigenvalue weighted by molar-refractivity contribution is -0.227. The highest BCUT2D eigenvalue weighted by atomic mass is 19.3. The summed E-state index contributed by atoms with van der Waals surface area (Å²) in [6.07, 6.45) is 4.46. The second kappa shape index (κ2) is 14.7. The van der Waals surface area contributed by atoms with E-state index in [9.17, 15) is 13.6 Å². The van der Waals surface area contributed by atoms with E-state index in [1.807, 2.05) is 37.9 Å². The Kier molecular flexibility index (Phi) is 11.0. The molecule has 252 valence electrons. The van der Waals surface area contributed by atoms with Gasteiger partial charge in [0.1, 0.15) is 11.5 Å². The first-order chi connectivity index (χ1) is 22.1. The number of rotatable bonds is 10. The van der Waals surface area contributed by atoms with E-state index in [0.717, 1.165) is 56.8 Å². The largest absolute Gasteiger partial charge is 0.374 e. The summed E-state index contributed by atoms with van der Waals surface area (Å²) >= 11 is 0. The highest BCUT2D eigenvalue weighted by Crippen LogP contribution is 2.49. The van der Waals surface area contributed by atoms with Crippen molar-refractivity contribution in [1.29, 1.82) is 0 Å². The molecule has 6 heterocycles. The van der Waals surface area contributed by atoms with Crippen molar-refractivity contribution in [1.82, 2.24) is 19.8 Å². The third kappa shape index (κ3) is 7.06. The lowest BCUT2D eigenvalue weighted by atomic mass is 9.92. The van der Waals surface area contributed by atoms with Crippen LogP contribution < -0.4 is 10.2 Å². The first-order valence-corrected chi connectivity index (χ1v) is 16.8. The molecule has 2 aromatic rings. The summed E-state index contributed by atoms with van der Waals surface area (Å²) in [5.41, 5.74) is 4.96. The third-order valence-electron chi connectivity index (χ3n) is 9.35. The van der Waals surface area contributed by atoms with Crippen LogP contribution in [0.3, 0.4) is 0 Å². The predicted molar refractivity (Wildman–Crippen MR) is 177 cm³/mol. The minimum atomic E-state index is -2.59. The van der Waals surface area contributed by atoms with Crippen molar-refractivity contribution < 1.29 is 23.0 Å². The van der Waals surface area contributed by atoms with E-state index >= 15 is 0 Å². The minimum absolute atomic E-state index is 0.0180. The van der Waals surface area contributed by atoms with Gasteiger partial charge in [0.25, 0.3) is 6.43 Å². The van der Waals surface area contributed by atoms with Gasteiger partial charge in [-0.15, -0.1) is 0 Å². The van der Waals surface area contributed by atoms with Crippen LogP contribution in [0.4, 0.5) is 20.3 Å². The number of carbonyl (C=O) groups excluding carboxylic acids is 1. The average Bonchev–Trinajstić information content (AvgIpc) is 3.34. The molecule has 1 unspecified atom stereocenters. The lowest BCUT2D eigenvalue weighted by Gasteiger charge is -2.49. The van der Waals surface area contributed by atoms with Gasteiger partial charge in [0.15, 0.2) is 5.60 Å². The zero-order chi connectivity index (χ0) is 33.0. The molecule has 11 heteroatoms. The van der Waals surface area contributed by atoms with E-state index in [0.29, 0.717) is 50.1 Å². The molecule has 9 nitrogen and oxygen atoms in total. The van der Waals surface area contributed by atoms with Gasteiger partial charge in [-0.3, -0.25) is 14.7 Å². The number of carbonyl (C=O) groups is 1. The zero-order valence-electron chi connectivity index (χ0n) is 28.0. The summed E-state index contributed by atoms with van der Waals surface area (Å²) in [4.78, 5) is 26.9. The van der Waals surface area contributed by atoms with Crippen LogP contribution >= 0.6 is 0 Å². The lowest BCUT2D eigenvalue weighted by Crippen LogP contribution is -2.63. The number of hydrogen-bond acceptors (Lipinski definition) is 8. The van der Waals surface area contributed by atoms with Gasteiger partial charge in [0, 0.05) is 80.4 Å². The number of anilines is 2. The number of nitrogens with zero attached hydrogens (tertiary/aromatic N) is 5. The monoisotopic (exact) mass is 640 g/mol. The number of aryl methyl sites for hydroxylation is 1. The Balaban J connectivity index is 0.000000217. The highest BCUT2D eigenvalue weighted by molar-refractivity contribution is 5.87. The van der Waals surface area contributed by atoms with Gasteiger partial charge in [0.2, 0.25) is 5.91 Å². The molecular formula is C35H50F2N6O3. The number of pyridine rings is 2. The highest BCUT2D eigenvalue weighted by Gasteiger charge is 2.52. The molecule has 1 N–H and O–H groups in total. The van der Waals surface area contributed by atoms with Crippen molar-refractivity contribution in [3.63, 3.8) is 0 Å². The van der Waals surface area contributed by atoms with Crippen LogP contribution in [0.15, 0.2) is 31.0 Å². The van der Waals surface area contributed by atoms with Crippen LogP contribution in [0.2, 0.25) is 0 Å². The standard InChI is InChI=1S/C22H33F2N5O.C13H17NO2/c1-5-7-17-18(12-19(25-15(3)4)26-21(17)22(23)24)29-13-16(14-29)27-8-10-28(11-9-27)20(30)6-2;1-3-4-10-11-9(2)5-6-14-12(11)13(16-10)7-15-8-13/h6,12,15-16,22H,2,5,7-11,13-14H2,1,3-4H3,(H,25,26);5-6,10H,3-4,7-8H2,1-2H3. The fraction of sp³-hybridized carbons (Fsp3) is 0.629. The molecule has 0 bridgehead atoms. The van der Waals surface area contributed by atoms with Gasteiger partial charge in [-0.2, -0.15) is 0 Å². The first kappa shape index (κ1) is 34.2. The van der Waals surface area contributed by atoms with Crippen LogP contribution in [0.1, 0.15) is 87.6 Å². The SMILES string of the molecule is C=CC(=O)N1CCN(C2CN(c3cc(NC(C)C)nc(C(F)F)c3CCC)C2)CC1.CCCC1OC2(COC2)c2nccc(C)c21. The third-order valence-corrected chi connectivity index (χ3v) is 9.35. The van der Waals surface area contributed by atoms with Gasteiger partial charge in [-0.1, -0.05) is 33.3 Å². The van der Waals surface area contributed by atoms with E-state index < -0.39 is 6.43 Å². The molecule has 1 amide bonds. The van der Waals surface area contributed by atoms with Crippen LogP contribution in [-0.2, 0) is 26.3 Å². The summed E-state index contributed by atoms with van der Waals surface area (Å²) in [6.45, 7) is 19.8. The number of halogens is 2. The summed E-state index contributed by atoms with van der Waals surface area (Å²) in [5, 5.41) is 3.18. The second-order valence-electron chi connectivity index (χ2n) is 13.1. The fourth-order valence-corrected chi connectivity index (χ4v) is 6.92. The molecule has 1 spiro atoms. The maximum atomic E-state index is 13.8. The number of nitrogens with one attached hydrogen (secondary N) is 1. The van der Waals surface area contributed by atoms with Gasteiger partial charge >= 0.3 is 0 Å². The number of aromatic nitrogens is 2. The molecule has 3 saturated heterocycles. The second-order valence-corrected chi connectivity index (χ2v) is 13.1. The maximum Gasteiger partial charge on any atom is 0.280 e. The Morgan fingerprint density at radius 2 is 1.89 bits per heavy atom. The van der Waals surface area contributed by atoms with Crippen molar-refractivity contribution in [2.75, 3.05) is 62.7 Å². The van der Waals surface area contributed by atoms with Crippen LogP contribution in [0.5, 0.6) is 0 Å². The number of fused-ring (bicyclic) bond motifs is 2. The molecule has 0 aromatic carbocycles. The molecular weight excluding hydrogens is 590 g/mol. The molecule has 4 aliphatic heterocycles. The van der Waals surface area contributed by atoms with E-state index in [1.165, 1.54) is 17.2 Å². The van der Waals surface area contributed by atoms with Gasteiger partial charge in [-0.05, 0) is 51.3 Å². The summed E-state index contributed by atoms with van der Waals surface area (Å²) < 4.78 is 39.1. The maximum absolute atomic E-state index is 13.8. The number of amides is 1. The van der Waals surface area contributed by atoms with Crippen molar-refractivity contribution in [3.8, 4) is 0 Å². The smallest absolute Gasteiger partial charge is 0.280 e. The quantitative estimate of drug-likeness (QED) is 0.327. The van der Waals surface area contributed by atoms with Crippen LogP contribution in [0, 0.1) is 6.92 Å². The summed E-state index contributed by atoms with van der Waals surface area (Å²) in [7, 11) is 0. The number of ether oxygens (including phenoxy) is 2. The minimum Gasteiger partial charge on any atom is -0.374 e. The molecule has 0 aliphatic carbocycles. The van der Waals surface area contributed by atoms with E-state index in [2.05, 4.69) is 51.6 Å². The normalized spacial score (nSPS) is 20.7. The molecule has 3 fully saturated rings. The first-order valence-electron chi connectivity index (χ1n) is 16.8. The van der Waals surface area contributed by atoms with Gasteiger partial charge in [0.05, 0.1) is 25.0 Å². The molecule has 2 aromatic heterocycles. The number of alkyl halides is 2. The molecule has 1 atom stereocenters. The molecule has 0 radical (unpaired) electrons. The molecule has 6 rings (SSSR count). The molecule has 46 heavy (non-hydrogen) atoms. The Hall–Kier alpha value is -3.15. The Bertz CT molecular complexity index is 1370. The number of piperazine rings is 1. The van der Waals surface area contributed by atoms with Crippen molar-refractivity contribution >= 4 is 17.4 Å². The summed E-state index contributed by atoms with van der Waals surface area (Å²) in [6, 6.07) is 4.49. The van der Waals surface area contributed by atoms with Crippen LogP contribution in [-0.4, -0.2) is 90.2 Å². The summed E-state index contributed by atoms with van der Waals surface area (Å²) in [5.74, 6) is 0.491. The Morgan fingerprint density at radius 3 is 2.46 bits per heavy atom. The molecule has 4 aliphatic rings. The van der Waals surface area contributed by atoms with Crippen molar-refractivity contribution in [2.45, 2.75) is 90.5 Å².